The Bertz CT molecular complexity index is 1180. The third-order valence-corrected chi connectivity index (χ3v) is 5.86. The summed E-state index contributed by atoms with van der Waals surface area (Å²) in [5.74, 6) is -0.342. The van der Waals surface area contributed by atoms with Crippen molar-refractivity contribution in [2.24, 2.45) is 11.1 Å². The summed E-state index contributed by atoms with van der Waals surface area (Å²) >= 11 is 0. The number of amides is 1. The van der Waals surface area contributed by atoms with Crippen LogP contribution in [0.5, 0.6) is 5.75 Å². The number of furan rings is 1. The van der Waals surface area contributed by atoms with Gasteiger partial charge in [-0.15, -0.1) is 0 Å². The number of nitrogens with two attached hydrogens (primary N) is 1. The number of rotatable bonds is 5. The van der Waals surface area contributed by atoms with Crippen molar-refractivity contribution in [2.45, 2.75) is 39.5 Å². The van der Waals surface area contributed by atoms with Crippen molar-refractivity contribution >= 4 is 11.7 Å². The molecule has 170 valence electrons. The van der Waals surface area contributed by atoms with Crippen molar-refractivity contribution < 1.29 is 18.7 Å². The third kappa shape index (κ3) is 4.10. The van der Waals surface area contributed by atoms with E-state index in [1.165, 1.54) is 17.3 Å². The molecule has 0 saturated carbocycles. The van der Waals surface area contributed by atoms with Crippen LogP contribution < -0.4 is 15.9 Å². The number of carbonyl (C=O) groups is 2. The fraction of sp³-hybridized carbons (Fsp3) is 0.320. The lowest BCUT2D eigenvalue weighted by Gasteiger charge is -2.43. The van der Waals surface area contributed by atoms with Gasteiger partial charge in [0.2, 0.25) is 0 Å². The fourth-order valence-electron chi connectivity index (χ4n) is 4.46. The van der Waals surface area contributed by atoms with Gasteiger partial charge in [-0.3, -0.25) is 15.0 Å². The van der Waals surface area contributed by atoms with Crippen molar-refractivity contribution in [3.8, 4) is 11.8 Å². The first-order valence-electron chi connectivity index (χ1n) is 10.8. The molecule has 0 spiro atoms. The maximum Gasteiger partial charge on any atom is 0.305 e. The minimum Gasteiger partial charge on any atom is -0.494 e. The van der Waals surface area contributed by atoms with Crippen molar-refractivity contribution in [2.75, 3.05) is 6.61 Å². The molecule has 8 heteroatoms. The number of Topliss-reactive ketones (excluding diaryl/α,β-unsaturated/α-hetero) is 1. The van der Waals surface area contributed by atoms with Gasteiger partial charge in [0, 0.05) is 12.0 Å². The first kappa shape index (κ1) is 22.2. The molecular formula is C25H26N4O4. The van der Waals surface area contributed by atoms with Crippen LogP contribution >= 0.6 is 0 Å². The van der Waals surface area contributed by atoms with Gasteiger partial charge in [-0.25, -0.2) is 5.01 Å². The second-order valence-corrected chi connectivity index (χ2v) is 8.90. The number of nitrogens with zero attached hydrogens (tertiary/aromatic N) is 2. The molecule has 1 amide bonds. The standard InChI is InChI=1S/C25H26N4O4/c1-4-32-16-9-7-15(8-10-16)21-17(14-26)23(27)29(28-24(31)20-6-5-11-33-20)18-12-25(2,3)13-19(30)22(18)21/h5-11,21H,4,12-13,27H2,1-3H3,(H,28,31). The van der Waals surface area contributed by atoms with Crippen LogP contribution in [0.1, 0.15) is 55.6 Å². The molecule has 3 N–H and O–H groups in total. The van der Waals surface area contributed by atoms with Gasteiger partial charge < -0.3 is 14.9 Å². The predicted octanol–water partition coefficient (Wildman–Crippen LogP) is 3.76. The summed E-state index contributed by atoms with van der Waals surface area (Å²) in [5.41, 5.74) is 10.9. The monoisotopic (exact) mass is 446 g/mol. The lowest BCUT2D eigenvalue weighted by Crippen LogP contribution is -2.49. The molecule has 1 aliphatic carbocycles. The Labute approximate surface area is 192 Å². The molecule has 1 aromatic heterocycles. The molecule has 0 fully saturated rings. The molecule has 4 rings (SSSR count). The number of nitrogens with one attached hydrogen (secondary N) is 1. The summed E-state index contributed by atoms with van der Waals surface area (Å²) in [6.45, 7) is 6.42. The molecule has 0 radical (unpaired) electrons. The Morgan fingerprint density at radius 3 is 2.64 bits per heavy atom. The van der Waals surface area contributed by atoms with E-state index in [0.29, 0.717) is 36.5 Å². The van der Waals surface area contributed by atoms with Crippen LogP contribution in [0.25, 0.3) is 0 Å². The van der Waals surface area contributed by atoms with Crippen molar-refractivity contribution in [3.63, 3.8) is 0 Å². The number of hydrogen-bond donors (Lipinski definition) is 2. The predicted molar refractivity (Wildman–Crippen MR) is 120 cm³/mol. The number of allylic oxidation sites excluding steroid dienone is 3. The van der Waals surface area contributed by atoms with Crippen LogP contribution in [0.3, 0.4) is 0 Å². The highest BCUT2D eigenvalue weighted by molar-refractivity contribution is 6.00. The van der Waals surface area contributed by atoms with Crippen LogP contribution in [-0.4, -0.2) is 23.3 Å². The number of hydrazine groups is 1. The summed E-state index contributed by atoms with van der Waals surface area (Å²) in [7, 11) is 0. The van der Waals surface area contributed by atoms with Gasteiger partial charge in [0.25, 0.3) is 0 Å². The number of carbonyl (C=O) groups excluding carboxylic acids is 2. The first-order chi connectivity index (χ1) is 15.8. The molecule has 0 bridgehead atoms. The zero-order valence-electron chi connectivity index (χ0n) is 18.8. The number of nitriles is 1. The maximum absolute atomic E-state index is 13.4. The summed E-state index contributed by atoms with van der Waals surface area (Å²) in [6, 6.07) is 12.6. The zero-order valence-corrected chi connectivity index (χ0v) is 18.8. The summed E-state index contributed by atoms with van der Waals surface area (Å²) < 4.78 is 10.7. The zero-order chi connectivity index (χ0) is 23.8. The Kier molecular flexibility index (Phi) is 5.73. The molecule has 1 aromatic carbocycles. The average Bonchev–Trinajstić information content (AvgIpc) is 3.30. The van der Waals surface area contributed by atoms with Gasteiger partial charge >= 0.3 is 5.91 Å². The SMILES string of the molecule is CCOc1ccc(C2C(C#N)=C(N)N(NC(=O)c3ccco3)C3=C2C(=O)CC(C)(C)C3)cc1. The third-order valence-electron chi connectivity index (χ3n) is 5.86. The van der Waals surface area contributed by atoms with E-state index in [1.807, 2.05) is 45.0 Å². The maximum atomic E-state index is 13.4. The normalized spacial score (nSPS) is 19.8. The highest BCUT2D eigenvalue weighted by Crippen LogP contribution is 2.48. The molecule has 0 saturated heterocycles. The van der Waals surface area contributed by atoms with Crippen molar-refractivity contribution in [1.29, 1.82) is 5.26 Å². The molecule has 2 heterocycles. The van der Waals surface area contributed by atoms with Gasteiger partial charge in [0.05, 0.1) is 36.1 Å². The topological polar surface area (TPSA) is 122 Å². The van der Waals surface area contributed by atoms with Gasteiger partial charge in [0.15, 0.2) is 11.5 Å². The molecule has 2 aliphatic rings. The lowest BCUT2D eigenvalue weighted by molar-refractivity contribution is -0.118. The van der Waals surface area contributed by atoms with Gasteiger partial charge in [-0.1, -0.05) is 26.0 Å². The van der Waals surface area contributed by atoms with Crippen molar-refractivity contribution in [1.82, 2.24) is 10.4 Å². The van der Waals surface area contributed by atoms with E-state index in [0.717, 1.165) is 5.56 Å². The largest absolute Gasteiger partial charge is 0.494 e. The summed E-state index contributed by atoms with van der Waals surface area (Å²) in [4.78, 5) is 26.2. The van der Waals surface area contributed by atoms with Crippen LogP contribution in [-0.2, 0) is 4.79 Å². The van der Waals surface area contributed by atoms with E-state index in [2.05, 4.69) is 11.5 Å². The van der Waals surface area contributed by atoms with Crippen LogP contribution in [0.4, 0.5) is 0 Å². The van der Waals surface area contributed by atoms with E-state index in [9.17, 15) is 14.9 Å². The second-order valence-electron chi connectivity index (χ2n) is 8.90. The Morgan fingerprint density at radius 1 is 1.30 bits per heavy atom. The van der Waals surface area contributed by atoms with Crippen LogP contribution in [0.2, 0.25) is 0 Å². The molecule has 1 aliphatic heterocycles. The number of hydrogen-bond acceptors (Lipinski definition) is 7. The Balaban J connectivity index is 1.83. The highest BCUT2D eigenvalue weighted by atomic mass is 16.5. The second kappa shape index (κ2) is 8.51. The first-order valence-corrected chi connectivity index (χ1v) is 10.8. The average molecular weight is 447 g/mol. The van der Waals surface area contributed by atoms with Gasteiger partial charge in [-0.05, 0) is 48.6 Å². The fourth-order valence-corrected chi connectivity index (χ4v) is 4.46. The van der Waals surface area contributed by atoms with E-state index in [1.54, 1.807) is 6.07 Å². The molecule has 8 nitrogen and oxygen atoms in total. The van der Waals surface area contributed by atoms with Gasteiger partial charge in [0.1, 0.15) is 11.6 Å². The van der Waals surface area contributed by atoms with Crippen LogP contribution in [0.15, 0.2) is 69.7 Å². The lowest BCUT2D eigenvalue weighted by atomic mass is 9.69. The van der Waals surface area contributed by atoms with Crippen LogP contribution in [0, 0.1) is 16.7 Å². The Morgan fingerprint density at radius 2 is 2.03 bits per heavy atom. The molecule has 33 heavy (non-hydrogen) atoms. The molecule has 1 unspecified atom stereocenters. The summed E-state index contributed by atoms with van der Waals surface area (Å²) in [6.07, 6.45) is 2.22. The van der Waals surface area contributed by atoms with E-state index in [-0.39, 0.29) is 28.4 Å². The molecule has 2 aromatic rings. The van der Waals surface area contributed by atoms with E-state index in [4.69, 9.17) is 14.9 Å². The van der Waals surface area contributed by atoms with E-state index < -0.39 is 11.8 Å². The number of ketones is 1. The summed E-state index contributed by atoms with van der Waals surface area (Å²) in [5, 5.41) is 11.4. The van der Waals surface area contributed by atoms with E-state index >= 15 is 0 Å². The molecular weight excluding hydrogens is 420 g/mol. The molecule has 1 atom stereocenters. The number of ether oxygens (including phenoxy) is 1. The van der Waals surface area contributed by atoms with Gasteiger partial charge in [-0.2, -0.15) is 5.26 Å². The van der Waals surface area contributed by atoms with Crippen molar-refractivity contribution in [3.05, 3.63) is 76.6 Å². The minimum absolute atomic E-state index is 0.0716. The number of benzene rings is 1. The highest BCUT2D eigenvalue weighted by Gasteiger charge is 2.45. The smallest absolute Gasteiger partial charge is 0.305 e. The quantitative estimate of drug-likeness (QED) is 0.717. The Hall–Kier alpha value is -3.99. The minimum atomic E-state index is -0.624.